The molecule has 0 radical (unpaired) electrons. The van der Waals surface area contributed by atoms with Crippen LogP contribution < -0.4 is 5.32 Å². The van der Waals surface area contributed by atoms with Crippen molar-refractivity contribution in [2.45, 2.75) is 23.0 Å². The molecule has 0 aliphatic carbocycles. The number of nitrogens with one attached hydrogen (secondary N) is 1. The molecule has 0 fully saturated rings. The van der Waals surface area contributed by atoms with E-state index < -0.39 is 17.8 Å². The highest BCUT2D eigenvalue weighted by Crippen LogP contribution is 2.36. The largest absolute Gasteiger partial charge is 0.456 e. The summed E-state index contributed by atoms with van der Waals surface area (Å²) in [5.74, 6) is -1.25. The lowest BCUT2D eigenvalue weighted by molar-refractivity contribution is -0.151. The predicted molar refractivity (Wildman–Crippen MR) is 88.2 cm³/mol. The second kappa shape index (κ2) is 8.36. The molecule has 0 spiro atoms. The van der Waals surface area contributed by atoms with Gasteiger partial charge in [0.15, 0.2) is 6.61 Å². The fourth-order valence-corrected chi connectivity index (χ4v) is 3.13. The molecule has 0 unspecified atom stereocenters. The molecule has 1 aliphatic heterocycles. The Kier molecular flexibility index (Phi) is 6.21. The van der Waals surface area contributed by atoms with Crippen LogP contribution in [0.3, 0.4) is 0 Å². The minimum absolute atomic E-state index is 0.111. The van der Waals surface area contributed by atoms with Crippen molar-refractivity contribution >= 4 is 35.2 Å². The number of anilines is 1. The normalized spacial score (nSPS) is 15.7. The van der Waals surface area contributed by atoms with Crippen LogP contribution in [0, 0.1) is 11.3 Å². The number of hydrogen-bond donors (Lipinski definition) is 1. The van der Waals surface area contributed by atoms with Crippen molar-refractivity contribution in [2.75, 3.05) is 25.5 Å². The molecule has 24 heavy (non-hydrogen) atoms. The van der Waals surface area contributed by atoms with Gasteiger partial charge in [-0.15, -0.1) is 11.8 Å². The van der Waals surface area contributed by atoms with Crippen LogP contribution in [0.15, 0.2) is 29.2 Å². The number of fused-ring (bicyclic) bond motifs is 1. The Labute approximate surface area is 143 Å². The van der Waals surface area contributed by atoms with E-state index in [4.69, 9.17) is 10.00 Å². The van der Waals surface area contributed by atoms with Gasteiger partial charge in [-0.05, 0) is 12.1 Å². The maximum Gasteiger partial charge on any atom is 0.307 e. The molecule has 2 amide bonds. The fourth-order valence-electron chi connectivity index (χ4n) is 2.03. The summed E-state index contributed by atoms with van der Waals surface area (Å²) in [5.41, 5.74) is 0.728. The zero-order valence-electron chi connectivity index (χ0n) is 13.2. The zero-order valence-corrected chi connectivity index (χ0v) is 14.0. The first kappa shape index (κ1) is 17.8. The molecule has 0 aromatic heterocycles. The second-order valence-electron chi connectivity index (χ2n) is 5.18. The molecule has 1 aromatic carbocycles. The molecule has 126 valence electrons. The van der Waals surface area contributed by atoms with Crippen LogP contribution in [0.25, 0.3) is 0 Å². The zero-order chi connectivity index (χ0) is 17.5. The van der Waals surface area contributed by atoms with Crippen molar-refractivity contribution in [1.29, 1.82) is 5.26 Å². The summed E-state index contributed by atoms with van der Waals surface area (Å²) in [6.45, 7) is -0.110. The van der Waals surface area contributed by atoms with E-state index in [1.54, 1.807) is 6.07 Å². The molecule has 0 bridgehead atoms. The van der Waals surface area contributed by atoms with Gasteiger partial charge < -0.3 is 15.0 Å². The smallest absolute Gasteiger partial charge is 0.307 e. The molecule has 1 atom stereocenters. The quantitative estimate of drug-likeness (QED) is 0.781. The molecule has 1 heterocycles. The lowest BCUT2D eigenvalue weighted by atomic mass is 10.2. The summed E-state index contributed by atoms with van der Waals surface area (Å²) in [6.07, 6.45) is 0.106. The van der Waals surface area contributed by atoms with E-state index in [-0.39, 0.29) is 31.2 Å². The Morgan fingerprint density at radius 1 is 1.42 bits per heavy atom. The molecule has 1 aromatic rings. The van der Waals surface area contributed by atoms with Gasteiger partial charge in [0.05, 0.1) is 29.8 Å². The highest BCUT2D eigenvalue weighted by Gasteiger charge is 2.29. The SMILES string of the molecule is CN(CCC#N)C(=O)COC(=O)C[C@@H]1Sc2ccccc2NC1=O. The molecule has 7 nitrogen and oxygen atoms in total. The highest BCUT2D eigenvalue weighted by atomic mass is 32.2. The van der Waals surface area contributed by atoms with E-state index in [2.05, 4.69) is 5.32 Å². The van der Waals surface area contributed by atoms with Crippen molar-refractivity contribution < 1.29 is 19.1 Å². The number of nitrogens with zero attached hydrogens (tertiary/aromatic N) is 2. The topological polar surface area (TPSA) is 99.5 Å². The van der Waals surface area contributed by atoms with Crippen LogP contribution in [0.5, 0.6) is 0 Å². The average molecular weight is 347 g/mol. The van der Waals surface area contributed by atoms with Crippen LogP contribution >= 0.6 is 11.8 Å². The van der Waals surface area contributed by atoms with E-state index in [0.717, 1.165) is 10.6 Å². The number of ether oxygens (including phenoxy) is 1. The Balaban J connectivity index is 1.82. The monoisotopic (exact) mass is 347 g/mol. The Morgan fingerprint density at radius 2 is 2.17 bits per heavy atom. The third-order valence-electron chi connectivity index (χ3n) is 3.40. The number of carbonyl (C=O) groups is 3. The predicted octanol–water partition coefficient (Wildman–Crippen LogP) is 1.40. The van der Waals surface area contributed by atoms with Gasteiger partial charge in [-0.3, -0.25) is 14.4 Å². The third kappa shape index (κ3) is 4.73. The fraction of sp³-hybridized carbons (Fsp3) is 0.375. The van der Waals surface area contributed by atoms with Crippen molar-refractivity contribution in [1.82, 2.24) is 4.90 Å². The summed E-state index contributed by atoms with van der Waals surface area (Å²) in [5, 5.41) is 10.6. The van der Waals surface area contributed by atoms with Gasteiger partial charge >= 0.3 is 5.97 Å². The maximum atomic E-state index is 12.0. The van der Waals surface area contributed by atoms with Gasteiger partial charge in [0.25, 0.3) is 5.91 Å². The van der Waals surface area contributed by atoms with E-state index in [1.807, 2.05) is 24.3 Å². The number of thioether (sulfide) groups is 1. The highest BCUT2D eigenvalue weighted by molar-refractivity contribution is 8.01. The maximum absolute atomic E-state index is 12.0. The Bertz CT molecular complexity index is 686. The summed E-state index contributed by atoms with van der Waals surface area (Å²) >= 11 is 1.30. The van der Waals surface area contributed by atoms with Crippen LogP contribution in [-0.4, -0.2) is 48.1 Å². The van der Waals surface area contributed by atoms with Crippen LogP contribution in [0.4, 0.5) is 5.69 Å². The van der Waals surface area contributed by atoms with Crippen LogP contribution in [0.2, 0.25) is 0 Å². The number of likely N-dealkylation sites (N-methyl/N-ethyl adjacent to an activating group) is 1. The first-order chi connectivity index (χ1) is 11.5. The van der Waals surface area contributed by atoms with Crippen molar-refractivity contribution in [3.8, 4) is 6.07 Å². The second-order valence-corrected chi connectivity index (χ2v) is 6.42. The van der Waals surface area contributed by atoms with Crippen molar-refractivity contribution in [3.63, 3.8) is 0 Å². The first-order valence-electron chi connectivity index (χ1n) is 7.34. The standard InChI is InChI=1S/C16H17N3O4S/c1-19(8-4-7-17)14(20)10-23-15(21)9-13-16(22)18-11-5-2-3-6-12(11)24-13/h2-3,5-6,13H,4,8-10H2,1H3,(H,18,22)/t13-/m0/s1. The molecule has 2 rings (SSSR count). The van der Waals surface area contributed by atoms with Gasteiger partial charge in [-0.25, -0.2) is 0 Å². The van der Waals surface area contributed by atoms with E-state index in [1.165, 1.54) is 23.7 Å². The number of esters is 1. The lowest BCUT2D eigenvalue weighted by Crippen LogP contribution is -2.34. The Hall–Kier alpha value is -2.53. The summed E-state index contributed by atoms with van der Waals surface area (Å²) in [6, 6.07) is 9.28. The number of nitriles is 1. The molecular formula is C16H17N3O4S. The van der Waals surface area contributed by atoms with Gasteiger partial charge in [-0.1, -0.05) is 12.1 Å². The number of rotatable bonds is 6. The lowest BCUT2D eigenvalue weighted by Gasteiger charge is -2.23. The number of carbonyl (C=O) groups excluding carboxylic acids is 3. The van der Waals surface area contributed by atoms with Crippen molar-refractivity contribution in [2.24, 2.45) is 0 Å². The van der Waals surface area contributed by atoms with Gasteiger partial charge in [0.1, 0.15) is 0 Å². The van der Waals surface area contributed by atoms with Crippen LogP contribution in [-0.2, 0) is 19.1 Å². The minimum atomic E-state index is -0.607. The summed E-state index contributed by atoms with van der Waals surface area (Å²) in [7, 11) is 1.54. The first-order valence-corrected chi connectivity index (χ1v) is 8.22. The van der Waals surface area contributed by atoms with E-state index >= 15 is 0 Å². The van der Waals surface area contributed by atoms with Gasteiger partial charge in [0, 0.05) is 18.5 Å². The molecule has 0 saturated heterocycles. The molecular weight excluding hydrogens is 330 g/mol. The molecule has 1 aliphatic rings. The summed E-state index contributed by atoms with van der Waals surface area (Å²) < 4.78 is 4.94. The molecule has 0 saturated carbocycles. The van der Waals surface area contributed by atoms with Crippen molar-refractivity contribution in [3.05, 3.63) is 24.3 Å². The average Bonchev–Trinajstić information content (AvgIpc) is 2.58. The van der Waals surface area contributed by atoms with Gasteiger partial charge in [-0.2, -0.15) is 5.26 Å². The Morgan fingerprint density at radius 3 is 2.92 bits per heavy atom. The third-order valence-corrected chi connectivity index (χ3v) is 4.68. The molecule has 1 N–H and O–H groups in total. The minimum Gasteiger partial charge on any atom is -0.456 e. The molecule has 8 heteroatoms. The number of hydrogen-bond acceptors (Lipinski definition) is 6. The number of para-hydroxylation sites is 1. The van der Waals surface area contributed by atoms with Gasteiger partial charge in [0.2, 0.25) is 5.91 Å². The van der Waals surface area contributed by atoms with E-state index in [0.29, 0.717) is 0 Å². The number of amides is 2. The van der Waals surface area contributed by atoms with Crippen LogP contribution in [0.1, 0.15) is 12.8 Å². The summed E-state index contributed by atoms with van der Waals surface area (Å²) in [4.78, 5) is 37.8. The van der Waals surface area contributed by atoms with E-state index in [9.17, 15) is 14.4 Å². The number of benzene rings is 1.